The van der Waals surface area contributed by atoms with Gasteiger partial charge >= 0.3 is 0 Å². The van der Waals surface area contributed by atoms with Crippen LogP contribution in [0.4, 0.5) is 5.69 Å². The average Bonchev–Trinajstić information content (AvgIpc) is 2.86. The summed E-state index contributed by atoms with van der Waals surface area (Å²) in [5, 5.41) is 11.6. The molecule has 17 heavy (non-hydrogen) atoms. The molecule has 3 nitrogen and oxygen atoms in total. The lowest BCUT2D eigenvalue weighted by molar-refractivity contribution is -0.115. The van der Waals surface area contributed by atoms with E-state index in [2.05, 4.69) is 11.4 Å². The molecule has 0 aromatic heterocycles. The third-order valence-electron chi connectivity index (χ3n) is 2.73. The van der Waals surface area contributed by atoms with E-state index < -0.39 is 0 Å². The van der Waals surface area contributed by atoms with Gasteiger partial charge < -0.3 is 5.32 Å². The molecule has 0 radical (unpaired) electrons. The molecule has 1 N–H and O–H groups in total. The summed E-state index contributed by atoms with van der Waals surface area (Å²) in [5.41, 5.74) is 1.78. The molecule has 88 valence electrons. The first kappa shape index (κ1) is 12.0. The number of carbonyl (C=O) groups is 1. The Morgan fingerprint density at radius 2 is 2.24 bits per heavy atom. The van der Waals surface area contributed by atoms with E-state index in [0.29, 0.717) is 6.42 Å². The van der Waals surface area contributed by atoms with E-state index in [1.165, 1.54) is 0 Å². The van der Waals surface area contributed by atoms with Crippen LogP contribution in [0.2, 0.25) is 0 Å². The minimum atomic E-state index is 0.0977. The molecule has 1 fully saturated rings. The molecule has 0 aliphatic carbocycles. The second kappa shape index (κ2) is 5.74. The van der Waals surface area contributed by atoms with Crippen LogP contribution in [0.25, 0.3) is 0 Å². The highest BCUT2D eigenvalue weighted by Crippen LogP contribution is 2.27. The smallest absolute Gasteiger partial charge is 0.237 e. The zero-order valence-electron chi connectivity index (χ0n) is 9.48. The van der Waals surface area contributed by atoms with Gasteiger partial charge in [0.15, 0.2) is 0 Å². The van der Waals surface area contributed by atoms with Gasteiger partial charge in [0, 0.05) is 5.69 Å². The van der Waals surface area contributed by atoms with E-state index in [1.807, 2.05) is 24.3 Å². The summed E-state index contributed by atoms with van der Waals surface area (Å²) in [6.45, 7) is 0. The van der Waals surface area contributed by atoms with Gasteiger partial charge in [0.05, 0.1) is 17.7 Å². The number of carbonyl (C=O) groups excluding carboxylic acids is 1. The maximum atomic E-state index is 11.8. The van der Waals surface area contributed by atoms with E-state index in [0.717, 1.165) is 29.8 Å². The molecule has 0 saturated carbocycles. The van der Waals surface area contributed by atoms with Crippen molar-refractivity contribution in [2.45, 2.75) is 24.5 Å². The van der Waals surface area contributed by atoms with Crippen LogP contribution in [0.5, 0.6) is 0 Å². The molecule has 1 unspecified atom stereocenters. The molecule has 1 heterocycles. The van der Waals surface area contributed by atoms with Crippen molar-refractivity contribution in [3.8, 4) is 6.07 Å². The van der Waals surface area contributed by atoms with Crippen LogP contribution in [0.3, 0.4) is 0 Å². The quantitative estimate of drug-likeness (QED) is 0.891. The molecule has 1 aromatic carbocycles. The van der Waals surface area contributed by atoms with E-state index in [-0.39, 0.29) is 11.2 Å². The molecule has 1 saturated heterocycles. The Labute approximate surface area is 105 Å². The summed E-state index contributed by atoms with van der Waals surface area (Å²) in [6, 6.07) is 9.55. The third-order valence-corrected chi connectivity index (χ3v) is 4.10. The van der Waals surface area contributed by atoms with Crippen LogP contribution in [-0.2, 0) is 11.2 Å². The van der Waals surface area contributed by atoms with Crippen LogP contribution < -0.4 is 5.32 Å². The summed E-state index contributed by atoms with van der Waals surface area (Å²) in [6.07, 6.45) is 2.51. The van der Waals surface area contributed by atoms with Gasteiger partial charge in [0.2, 0.25) is 5.91 Å². The first-order valence-electron chi connectivity index (χ1n) is 5.68. The number of benzene rings is 1. The van der Waals surface area contributed by atoms with E-state index in [9.17, 15) is 4.79 Å². The Morgan fingerprint density at radius 3 is 2.82 bits per heavy atom. The standard InChI is InChI=1S/C13H14N2OS/c14-8-7-10-3-5-11(6-4-10)15-13(16)12-2-1-9-17-12/h3-6,12H,1-2,7,9H2,(H,15,16). The van der Waals surface area contributed by atoms with Gasteiger partial charge in [-0.1, -0.05) is 12.1 Å². The molecule has 1 aromatic rings. The summed E-state index contributed by atoms with van der Waals surface area (Å²) in [5.74, 6) is 1.18. The fourth-order valence-electron chi connectivity index (χ4n) is 1.80. The van der Waals surface area contributed by atoms with Gasteiger partial charge in [0.25, 0.3) is 0 Å². The molecule has 1 aliphatic rings. The van der Waals surface area contributed by atoms with Crippen molar-refractivity contribution in [3.05, 3.63) is 29.8 Å². The summed E-state index contributed by atoms with van der Waals surface area (Å²) in [7, 11) is 0. The Bertz CT molecular complexity index is 430. The van der Waals surface area contributed by atoms with Crippen molar-refractivity contribution in [3.63, 3.8) is 0 Å². The number of amides is 1. The third kappa shape index (κ3) is 3.24. The molecule has 1 aliphatic heterocycles. The second-order valence-electron chi connectivity index (χ2n) is 4.02. The minimum Gasteiger partial charge on any atom is -0.325 e. The molecule has 1 amide bonds. The summed E-state index contributed by atoms with van der Waals surface area (Å²) in [4.78, 5) is 11.8. The average molecular weight is 246 g/mol. The van der Waals surface area contributed by atoms with Crippen molar-refractivity contribution in [1.82, 2.24) is 0 Å². The van der Waals surface area contributed by atoms with E-state index >= 15 is 0 Å². The molecular weight excluding hydrogens is 232 g/mol. The highest BCUT2D eigenvalue weighted by molar-refractivity contribution is 8.00. The topological polar surface area (TPSA) is 52.9 Å². The normalized spacial score (nSPS) is 18.6. The van der Waals surface area contributed by atoms with E-state index in [1.54, 1.807) is 11.8 Å². The van der Waals surface area contributed by atoms with Crippen molar-refractivity contribution in [2.75, 3.05) is 11.1 Å². The lowest BCUT2D eigenvalue weighted by atomic mass is 10.1. The number of hydrogen-bond donors (Lipinski definition) is 1. The molecule has 2 rings (SSSR count). The van der Waals surface area contributed by atoms with Crippen LogP contribution in [0, 0.1) is 11.3 Å². The SMILES string of the molecule is N#CCc1ccc(NC(=O)C2CCCS2)cc1. The number of nitrogens with zero attached hydrogens (tertiary/aromatic N) is 1. The lowest BCUT2D eigenvalue weighted by Gasteiger charge is -2.09. The van der Waals surface area contributed by atoms with Gasteiger partial charge in [-0.2, -0.15) is 5.26 Å². The van der Waals surface area contributed by atoms with Crippen LogP contribution >= 0.6 is 11.8 Å². The van der Waals surface area contributed by atoms with Crippen molar-refractivity contribution >= 4 is 23.4 Å². The fourth-order valence-corrected chi connectivity index (χ4v) is 2.97. The maximum absolute atomic E-state index is 11.8. The lowest BCUT2D eigenvalue weighted by Crippen LogP contribution is -2.22. The number of nitriles is 1. The highest BCUT2D eigenvalue weighted by atomic mass is 32.2. The maximum Gasteiger partial charge on any atom is 0.237 e. The molecule has 0 spiro atoms. The molecule has 4 heteroatoms. The Morgan fingerprint density at radius 1 is 1.47 bits per heavy atom. The molecule has 0 bridgehead atoms. The zero-order valence-corrected chi connectivity index (χ0v) is 10.3. The molecule has 1 atom stereocenters. The number of hydrogen-bond acceptors (Lipinski definition) is 3. The Kier molecular flexibility index (Phi) is 4.05. The first-order chi connectivity index (χ1) is 8.29. The van der Waals surface area contributed by atoms with Crippen LogP contribution in [0.15, 0.2) is 24.3 Å². The number of nitrogens with one attached hydrogen (secondary N) is 1. The van der Waals surface area contributed by atoms with E-state index in [4.69, 9.17) is 5.26 Å². The van der Waals surface area contributed by atoms with Gasteiger partial charge in [0.1, 0.15) is 0 Å². The van der Waals surface area contributed by atoms with Crippen LogP contribution in [0.1, 0.15) is 18.4 Å². The number of rotatable bonds is 3. The fraction of sp³-hybridized carbons (Fsp3) is 0.385. The highest BCUT2D eigenvalue weighted by Gasteiger charge is 2.23. The van der Waals surface area contributed by atoms with Crippen molar-refractivity contribution < 1.29 is 4.79 Å². The monoisotopic (exact) mass is 246 g/mol. The van der Waals surface area contributed by atoms with Crippen LogP contribution in [-0.4, -0.2) is 16.9 Å². The second-order valence-corrected chi connectivity index (χ2v) is 5.33. The summed E-state index contributed by atoms with van der Waals surface area (Å²) < 4.78 is 0. The predicted octanol–water partition coefficient (Wildman–Crippen LogP) is 2.59. The number of anilines is 1. The first-order valence-corrected chi connectivity index (χ1v) is 6.73. The van der Waals surface area contributed by atoms with Gasteiger partial charge in [-0.05, 0) is 36.3 Å². The Hall–Kier alpha value is -1.47. The van der Waals surface area contributed by atoms with Crippen molar-refractivity contribution in [1.29, 1.82) is 5.26 Å². The largest absolute Gasteiger partial charge is 0.325 e. The zero-order chi connectivity index (χ0) is 12.1. The van der Waals surface area contributed by atoms with Gasteiger partial charge in [-0.3, -0.25) is 4.79 Å². The van der Waals surface area contributed by atoms with Gasteiger partial charge in [-0.25, -0.2) is 0 Å². The minimum absolute atomic E-state index is 0.0977. The van der Waals surface area contributed by atoms with Gasteiger partial charge in [-0.15, -0.1) is 11.8 Å². The summed E-state index contributed by atoms with van der Waals surface area (Å²) >= 11 is 1.73. The number of thioether (sulfide) groups is 1. The molecular formula is C13H14N2OS. The van der Waals surface area contributed by atoms with Crippen molar-refractivity contribution in [2.24, 2.45) is 0 Å². The Balaban J connectivity index is 1.94. The predicted molar refractivity (Wildman–Crippen MR) is 69.9 cm³/mol.